The molecule has 0 N–H and O–H groups in total. The molecule has 3 rings (SSSR count). The van der Waals surface area contributed by atoms with E-state index >= 15 is 0 Å². The zero-order valence-corrected chi connectivity index (χ0v) is 15.3. The summed E-state index contributed by atoms with van der Waals surface area (Å²) in [5.74, 6) is 2.50. The molecule has 128 valence electrons. The van der Waals surface area contributed by atoms with Gasteiger partial charge in [-0.05, 0) is 30.6 Å². The third-order valence-corrected chi connectivity index (χ3v) is 5.91. The summed E-state index contributed by atoms with van der Waals surface area (Å²) in [6.45, 7) is 15.9. The first kappa shape index (κ1) is 16.7. The van der Waals surface area contributed by atoms with Crippen LogP contribution in [-0.4, -0.2) is 48.4 Å². The molecule has 0 bridgehead atoms. The van der Waals surface area contributed by atoms with Gasteiger partial charge in [0.15, 0.2) is 0 Å². The molecule has 3 fully saturated rings. The molecule has 5 atom stereocenters. The molecule has 5 unspecified atom stereocenters. The monoisotopic (exact) mass is 309 g/mol. The van der Waals surface area contributed by atoms with Crippen molar-refractivity contribution < 1.29 is 9.47 Å². The molecular weight excluding hydrogens is 274 g/mol. The lowest BCUT2D eigenvalue weighted by Crippen LogP contribution is -2.54. The maximum Gasteiger partial charge on any atom is 0.0989 e. The number of ether oxygens (including phenoxy) is 2. The summed E-state index contributed by atoms with van der Waals surface area (Å²) >= 11 is 0. The molecule has 1 saturated carbocycles. The molecule has 0 aromatic heterocycles. The van der Waals surface area contributed by atoms with Crippen molar-refractivity contribution in [3.8, 4) is 0 Å². The van der Waals surface area contributed by atoms with E-state index in [1.54, 1.807) is 0 Å². The van der Waals surface area contributed by atoms with E-state index in [-0.39, 0.29) is 6.10 Å². The minimum absolute atomic E-state index is 0.276. The largest absolute Gasteiger partial charge is 0.377 e. The maximum atomic E-state index is 6.69. The second-order valence-corrected chi connectivity index (χ2v) is 8.72. The predicted octanol–water partition coefficient (Wildman–Crippen LogP) is 3.57. The third kappa shape index (κ3) is 2.97. The van der Waals surface area contributed by atoms with Gasteiger partial charge < -0.3 is 9.47 Å². The Morgan fingerprint density at radius 3 is 2.05 bits per heavy atom. The van der Waals surface area contributed by atoms with Crippen LogP contribution in [0.25, 0.3) is 0 Å². The van der Waals surface area contributed by atoms with E-state index in [9.17, 15) is 0 Å². The van der Waals surface area contributed by atoms with E-state index in [0.29, 0.717) is 41.9 Å². The molecule has 0 aromatic rings. The van der Waals surface area contributed by atoms with Crippen LogP contribution in [0.2, 0.25) is 0 Å². The van der Waals surface area contributed by atoms with Gasteiger partial charge in [-0.15, -0.1) is 0 Å². The van der Waals surface area contributed by atoms with E-state index in [1.165, 1.54) is 12.8 Å². The molecule has 3 nitrogen and oxygen atoms in total. The Labute approximate surface area is 136 Å². The summed E-state index contributed by atoms with van der Waals surface area (Å²) in [5.41, 5.74) is 0. The molecule has 22 heavy (non-hydrogen) atoms. The molecule has 0 aromatic carbocycles. The zero-order chi connectivity index (χ0) is 16.0. The lowest BCUT2D eigenvalue weighted by Gasteiger charge is -2.44. The fraction of sp³-hybridized carbons (Fsp3) is 1.00. The SMILES string of the molecule is CC(C)C1OC2COCC2N(C2CC2)C(C(C)C)C1C(C)C. The second kappa shape index (κ2) is 6.41. The van der Waals surface area contributed by atoms with Crippen LogP contribution in [0.3, 0.4) is 0 Å². The van der Waals surface area contributed by atoms with Crippen LogP contribution in [-0.2, 0) is 9.47 Å². The van der Waals surface area contributed by atoms with Gasteiger partial charge in [0, 0.05) is 18.0 Å². The molecular formula is C19H35NO2. The molecule has 2 aliphatic heterocycles. The van der Waals surface area contributed by atoms with Crippen molar-refractivity contribution in [2.45, 2.75) is 84.7 Å². The molecule has 0 radical (unpaired) electrons. The predicted molar refractivity (Wildman–Crippen MR) is 89.9 cm³/mol. The normalized spacial score (nSPS) is 40.5. The summed E-state index contributed by atoms with van der Waals surface area (Å²) in [6, 6.07) is 1.87. The van der Waals surface area contributed by atoms with Crippen molar-refractivity contribution in [2.24, 2.45) is 23.7 Å². The van der Waals surface area contributed by atoms with Crippen LogP contribution in [0.1, 0.15) is 54.4 Å². The van der Waals surface area contributed by atoms with Gasteiger partial charge in [-0.25, -0.2) is 0 Å². The smallest absolute Gasteiger partial charge is 0.0989 e. The van der Waals surface area contributed by atoms with Gasteiger partial charge in [0.05, 0.1) is 31.5 Å². The van der Waals surface area contributed by atoms with Gasteiger partial charge >= 0.3 is 0 Å². The Hall–Kier alpha value is -0.120. The molecule has 3 heteroatoms. The fourth-order valence-electron chi connectivity index (χ4n) is 4.89. The standard InChI is InChI=1S/C19H35NO2/c1-11(2)17-18(12(3)4)20(14-7-8-14)15-9-21-10-16(15)22-19(17)13(5)6/h11-19H,7-10H2,1-6H3. The molecule has 2 heterocycles. The number of hydrogen-bond acceptors (Lipinski definition) is 3. The van der Waals surface area contributed by atoms with E-state index in [4.69, 9.17) is 9.47 Å². The van der Waals surface area contributed by atoms with Crippen LogP contribution in [0.15, 0.2) is 0 Å². The van der Waals surface area contributed by atoms with Gasteiger partial charge in [0.25, 0.3) is 0 Å². The highest BCUT2D eigenvalue weighted by atomic mass is 16.6. The summed E-state index contributed by atoms with van der Waals surface area (Å²) in [4.78, 5) is 2.84. The lowest BCUT2D eigenvalue weighted by molar-refractivity contribution is -0.0747. The highest BCUT2D eigenvalue weighted by molar-refractivity contribution is 5.04. The molecule has 2 saturated heterocycles. The number of fused-ring (bicyclic) bond motifs is 1. The van der Waals surface area contributed by atoms with Gasteiger partial charge in [0.2, 0.25) is 0 Å². The van der Waals surface area contributed by atoms with Crippen LogP contribution < -0.4 is 0 Å². The van der Waals surface area contributed by atoms with Gasteiger partial charge in [-0.2, -0.15) is 0 Å². The van der Waals surface area contributed by atoms with Crippen molar-refractivity contribution in [2.75, 3.05) is 13.2 Å². The van der Waals surface area contributed by atoms with Crippen LogP contribution in [0.5, 0.6) is 0 Å². The first-order chi connectivity index (χ1) is 10.4. The summed E-state index contributed by atoms with van der Waals surface area (Å²) in [5, 5.41) is 0. The summed E-state index contributed by atoms with van der Waals surface area (Å²) < 4.78 is 12.5. The molecule has 0 spiro atoms. The fourth-order valence-corrected chi connectivity index (χ4v) is 4.89. The first-order valence-corrected chi connectivity index (χ1v) is 9.42. The lowest BCUT2D eigenvalue weighted by atomic mass is 9.75. The Morgan fingerprint density at radius 2 is 1.55 bits per heavy atom. The van der Waals surface area contributed by atoms with Crippen LogP contribution in [0.4, 0.5) is 0 Å². The topological polar surface area (TPSA) is 21.7 Å². The van der Waals surface area contributed by atoms with Gasteiger partial charge in [0.1, 0.15) is 0 Å². The van der Waals surface area contributed by atoms with E-state index in [2.05, 4.69) is 46.4 Å². The van der Waals surface area contributed by atoms with E-state index < -0.39 is 0 Å². The summed E-state index contributed by atoms with van der Waals surface area (Å²) in [6.07, 6.45) is 3.36. The van der Waals surface area contributed by atoms with Crippen molar-refractivity contribution in [1.29, 1.82) is 0 Å². The van der Waals surface area contributed by atoms with E-state index in [0.717, 1.165) is 19.3 Å². The van der Waals surface area contributed by atoms with Crippen LogP contribution >= 0.6 is 0 Å². The minimum atomic E-state index is 0.276. The average molecular weight is 309 g/mol. The zero-order valence-electron chi connectivity index (χ0n) is 15.3. The van der Waals surface area contributed by atoms with E-state index in [1.807, 2.05) is 0 Å². The molecule has 1 aliphatic carbocycles. The highest BCUT2D eigenvalue weighted by Crippen LogP contribution is 2.44. The van der Waals surface area contributed by atoms with Crippen molar-refractivity contribution in [3.63, 3.8) is 0 Å². The number of nitrogens with zero attached hydrogens (tertiary/aromatic N) is 1. The second-order valence-electron chi connectivity index (χ2n) is 8.72. The van der Waals surface area contributed by atoms with Crippen molar-refractivity contribution in [1.82, 2.24) is 4.90 Å². The quantitative estimate of drug-likeness (QED) is 0.792. The third-order valence-electron chi connectivity index (χ3n) is 5.91. The average Bonchev–Trinajstić information content (AvgIpc) is 3.18. The Balaban J connectivity index is 2.00. The molecule has 0 amide bonds. The van der Waals surface area contributed by atoms with Gasteiger partial charge in [-0.3, -0.25) is 4.90 Å². The number of hydrogen-bond donors (Lipinski definition) is 0. The Bertz CT molecular complexity index is 378. The Morgan fingerprint density at radius 1 is 0.864 bits per heavy atom. The van der Waals surface area contributed by atoms with Crippen LogP contribution in [0, 0.1) is 23.7 Å². The van der Waals surface area contributed by atoms with Crippen molar-refractivity contribution in [3.05, 3.63) is 0 Å². The highest BCUT2D eigenvalue weighted by Gasteiger charge is 2.53. The summed E-state index contributed by atoms with van der Waals surface area (Å²) in [7, 11) is 0. The maximum absolute atomic E-state index is 6.69. The first-order valence-electron chi connectivity index (χ1n) is 9.42. The molecule has 3 aliphatic rings. The Kier molecular flexibility index (Phi) is 4.87. The van der Waals surface area contributed by atoms with Gasteiger partial charge in [-0.1, -0.05) is 41.5 Å². The minimum Gasteiger partial charge on any atom is -0.377 e. The van der Waals surface area contributed by atoms with Crippen molar-refractivity contribution >= 4 is 0 Å². The number of rotatable bonds is 4.